The lowest BCUT2D eigenvalue weighted by molar-refractivity contribution is 0.559. The van der Waals surface area contributed by atoms with Crippen LogP contribution in [0.1, 0.15) is 17.2 Å². The number of sulfone groups is 1. The predicted octanol–water partition coefficient (Wildman–Crippen LogP) is 4.54. The first-order chi connectivity index (χ1) is 11.8. The second-order valence-corrected chi connectivity index (χ2v) is 10.3. The Morgan fingerprint density at radius 3 is 2.60 bits per heavy atom. The molecule has 7 heteroatoms. The van der Waals surface area contributed by atoms with Crippen molar-refractivity contribution in [2.24, 2.45) is 0 Å². The highest BCUT2D eigenvalue weighted by Gasteiger charge is 2.31. The van der Waals surface area contributed by atoms with E-state index in [-0.39, 0.29) is 11.8 Å². The van der Waals surface area contributed by atoms with Crippen LogP contribution in [0.15, 0.2) is 50.9 Å². The summed E-state index contributed by atoms with van der Waals surface area (Å²) < 4.78 is 28.6. The average molecular weight is 437 g/mol. The molecule has 1 aliphatic heterocycles. The summed E-state index contributed by atoms with van der Waals surface area (Å²) in [7, 11) is -3.35. The van der Waals surface area contributed by atoms with Gasteiger partial charge in [-0.3, -0.25) is 0 Å². The Morgan fingerprint density at radius 2 is 1.88 bits per heavy atom. The Labute approximate surface area is 159 Å². The van der Waals surface area contributed by atoms with Crippen LogP contribution in [0.2, 0.25) is 0 Å². The third-order valence-electron chi connectivity index (χ3n) is 4.63. The van der Waals surface area contributed by atoms with Crippen molar-refractivity contribution in [2.45, 2.75) is 29.9 Å². The second kappa shape index (κ2) is 6.14. The van der Waals surface area contributed by atoms with Crippen LogP contribution in [0, 0.1) is 13.8 Å². The lowest BCUT2D eigenvalue weighted by Crippen LogP contribution is -2.19. The molecule has 130 valence electrons. The minimum atomic E-state index is -3.35. The predicted molar refractivity (Wildman–Crippen MR) is 105 cm³/mol. The fraction of sp³-hybridized carbons (Fsp3) is 0.278. The van der Waals surface area contributed by atoms with E-state index in [0.717, 1.165) is 26.4 Å². The topological polar surface area (TPSA) is 52.0 Å². The summed E-state index contributed by atoms with van der Waals surface area (Å²) in [5.74, 6) is 0.827. The lowest BCUT2D eigenvalue weighted by atomic mass is 10.1. The van der Waals surface area contributed by atoms with Crippen molar-refractivity contribution < 1.29 is 8.42 Å². The van der Waals surface area contributed by atoms with Crippen LogP contribution in [-0.4, -0.2) is 29.5 Å². The summed E-state index contributed by atoms with van der Waals surface area (Å²) in [6.07, 6.45) is 0. The van der Waals surface area contributed by atoms with E-state index in [1.807, 2.05) is 0 Å². The largest absolute Gasteiger partial charge is 0.314 e. The molecule has 1 unspecified atom stereocenters. The standard InChI is InChI=1S/C18H17BrN2O2S2/c1-11-7-16-17(8-12(11)2)21-14(9-24-18(21)20-16)10-25(22,23)15-5-3-13(19)4-6-15/h3-8,14H,9-10H2,1-2H3. The third-order valence-corrected chi connectivity index (χ3v) is 8.07. The van der Waals surface area contributed by atoms with E-state index in [4.69, 9.17) is 0 Å². The number of aromatic nitrogens is 2. The number of thioether (sulfide) groups is 1. The molecule has 0 radical (unpaired) electrons. The highest BCUT2D eigenvalue weighted by atomic mass is 79.9. The number of hydrogen-bond donors (Lipinski definition) is 0. The summed E-state index contributed by atoms with van der Waals surface area (Å²) in [4.78, 5) is 5.05. The molecule has 0 aliphatic carbocycles. The van der Waals surface area contributed by atoms with Crippen molar-refractivity contribution in [3.8, 4) is 0 Å². The molecular formula is C18H17BrN2O2S2. The van der Waals surface area contributed by atoms with E-state index in [9.17, 15) is 8.42 Å². The summed E-state index contributed by atoms with van der Waals surface area (Å²) in [5, 5.41) is 0.913. The Kier molecular flexibility index (Phi) is 4.21. The molecule has 2 heterocycles. The van der Waals surface area contributed by atoms with Crippen molar-refractivity contribution in [1.82, 2.24) is 9.55 Å². The molecule has 4 rings (SSSR count). The maximum atomic E-state index is 12.8. The molecular weight excluding hydrogens is 420 g/mol. The number of benzene rings is 2. The van der Waals surface area contributed by atoms with E-state index in [1.54, 1.807) is 36.0 Å². The molecule has 0 bridgehead atoms. The number of imidazole rings is 1. The van der Waals surface area contributed by atoms with Gasteiger partial charge in [0.05, 0.1) is 27.7 Å². The van der Waals surface area contributed by atoms with E-state index >= 15 is 0 Å². The fourth-order valence-electron chi connectivity index (χ4n) is 3.14. The highest BCUT2D eigenvalue weighted by molar-refractivity contribution is 9.10. The van der Waals surface area contributed by atoms with Gasteiger partial charge in [0.2, 0.25) is 0 Å². The van der Waals surface area contributed by atoms with Crippen LogP contribution in [0.3, 0.4) is 0 Å². The molecule has 2 aromatic carbocycles. The van der Waals surface area contributed by atoms with Gasteiger partial charge in [0, 0.05) is 10.2 Å². The number of nitrogens with zero attached hydrogens (tertiary/aromatic N) is 2. The molecule has 1 atom stereocenters. The van der Waals surface area contributed by atoms with Gasteiger partial charge in [0.25, 0.3) is 0 Å². The monoisotopic (exact) mass is 436 g/mol. The number of rotatable bonds is 3. The van der Waals surface area contributed by atoms with Crippen molar-refractivity contribution in [3.05, 3.63) is 52.0 Å². The molecule has 3 aromatic rings. The first-order valence-electron chi connectivity index (χ1n) is 7.95. The van der Waals surface area contributed by atoms with Crippen molar-refractivity contribution in [2.75, 3.05) is 11.5 Å². The van der Waals surface area contributed by atoms with Gasteiger partial charge in [0.15, 0.2) is 15.0 Å². The van der Waals surface area contributed by atoms with Crippen LogP contribution >= 0.6 is 27.7 Å². The number of fused-ring (bicyclic) bond motifs is 3. The summed E-state index contributed by atoms with van der Waals surface area (Å²) in [6.45, 7) is 4.15. The quantitative estimate of drug-likeness (QED) is 0.604. The zero-order chi connectivity index (χ0) is 17.8. The normalized spacial score (nSPS) is 17.2. The van der Waals surface area contributed by atoms with Gasteiger partial charge in [-0.15, -0.1) is 0 Å². The number of aryl methyl sites for hydroxylation is 2. The summed E-state index contributed by atoms with van der Waals surface area (Å²) >= 11 is 4.98. The van der Waals surface area contributed by atoms with E-state index in [1.165, 1.54) is 11.1 Å². The summed E-state index contributed by atoms with van der Waals surface area (Å²) in [6, 6.07) is 10.9. The molecule has 0 fully saturated rings. The third kappa shape index (κ3) is 3.02. The van der Waals surface area contributed by atoms with Crippen molar-refractivity contribution in [3.63, 3.8) is 0 Å². The first-order valence-corrected chi connectivity index (χ1v) is 11.4. The zero-order valence-corrected chi connectivity index (χ0v) is 17.1. The molecule has 1 aliphatic rings. The Balaban J connectivity index is 1.73. The average Bonchev–Trinajstić information content (AvgIpc) is 3.08. The maximum Gasteiger partial charge on any atom is 0.180 e. The number of hydrogen-bond acceptors (Lipinski definition) is 4. The minimum absolute atomic E-state index is 0.0903. The van der Waals surface area contributed by atoms with Gasteiger partial charge in [-0.05, 0) is 61.4 Å². The SMILES string of the molecule is Cc1cc2nc3n(c2cc1C)C(CS(=O)(=O)c1ccc(Br)cc1)CS3. The van der Waals surface area contributed by atoms with Crippen LogP contribution in [-0.2, 0) is 9.84 Å². The van der Waals surface area contributed by atoms with Gasteiger partial charge in [-0.2, -0.15) is 0 Å². The lowest BCUT2D eigenvalue weighted by Gasteiger charge is -2.14. The van der Waals surface area contributed by atoms with E-state index in [0.29, 0.717) is 4.90 Å². The maximum absolute atomic E-state index is 12.8. The molecule has 0 saturated carbocycles. The zero-order valence-electron chi connectivity index (χ0n) is 13.9. The van der Waals surface area contributed by atoms with Crippen LogP contribution < -0.4 is 0 Å². The Morgan fingerprint density at radius 1 is 1.20 bits per heavy atom. The van der Waals surface area contributed by atoms with Crippen LogP contribution in [0.4, 0.5) is 0 Å². The van der Waals surface area contributed by atoms with Crippen molar-refractivity contribution >= 4 is 48.6 Å². The van der Waals surface area contributed by atoms with Gasteiger partial charge in [-0.25, -0.2) is 13.4 Å². The second-order valence-electron chi connectivity index (χ2n) is 6.39. The molecule has 0 spiro atoms. The highest BCUT2D eigenvalue weighted by Crippen LogP contribution is 2.38. The molecule has 1 aromatic heterocycles. The molecule has 0 amide bonds. The van der Waals surface area contributed by atoms with E-state index < -0.39 is 9.84 Å². The van der Waals surface area contributed by atoms with Gasteiger partial charge < -0.3 is 4.57 Å². The molecule has 0 N–H and O–H groups in total. The van der Waals surface area contributed by atoms with Gasteiger partial charge in [-0.1, -0.05) is 27.7 Å². The van der Waals surface area contributed by atoms with Crippen molar-refractivity contribution in [1.29, 1.82) is 0 Å². The van der Waals surface area contributed by atoms with Gasteiger partial charge in [0.1, 0.15) is 0 Å². The van der Waals surface area contributed by atoms with E-state index in [2.05, 4.69) is 51.5 Å². The van der Waals surface area contributed by atoms with Crippen LogP contribution in [0.5, 0.6) is 0 Å². The summed E-state index contributed by atoms with van der Waals surface area (Å²) in [5.41, 5.74) is 4.37. The molecule has 0 saturated heterocycles. The minimum Gasteiger partial charge on any atom is -0.314 e. The van der Waals surface area contributed by atoms with Crippen LogP contribution in [0.25, 0.3) is 11.0 Å². The Bertz CT molecular complexity index is 1070. The smallest absolute Gasteiger partial charge is 0.180 e. The molecule has 25 heavy (non-hydrogen) atoms. The first kappa shape index (κ1) is 17.1. The van der Waals surface area contributed by atoms with Gasteiger partial charge >= 0.3 is 0 Å². The Hall–Kier alpha value is -1.31. The number of halogens is 1. The molecule has 4 nitrogen and oxygen atoms in total. The fourth-order valence-corrected chi connectivity index (χ4v) is 6.23.